The van der Waals surface area contributed by atoms with Gasteiger partial charge in [-0.25, -0.2) is 4.48 Å². The SMILES string of the molecule is COc1ccc(C2=C(N(C)Cc3ccccc3)N=C3C=CC=C[N+]32Cc2ccccc2)cc1OC. The average molecular weight is 465 g/mol. The van der Waals surface area contributed by atoms with Gasteiger partial charge in [0.1, 0.15) is 12.7 Å². The largest absolute Gasteiger partial charge is 0.493 e. The highest BCUT2D eigenvalue weighted by molar-refractivity contribution is 5.97. The van der Waals surface area contributed by atoms with Crippen LogP contribution in [0.25, 0.3) is 5.70 Å². The van der Waals surface area contributed by atoms with Crippen LogP contribution in [0.4, 0.5) is 0 Å². The molecular weight excluding hydrogens is 434 g/mol. The van der Waals surface area contributed by atoms with Crippen LogP contribution >= 0.6 is 0 Å². The number of methoxy groups -OCH3 is 2. The molecular formula is C30H30N3O2+. The number of benzene rings is 3. The molecule has 0 bridgehead atoms. The zero-order chi connectivity index (χ0) is 24.3. The van der Waals surface area contributed by atoms with E-state index in [0.29, 0.717) is 16.0 Å². The third-order valence-corrected chi connectivity index (χ3v) is 6.49. The first-order chi connectivity index (χ1) is 17.1. The monoisotopic (exact) mass is 464 g/mol. The molecule has 5 rings (SSSR count). The van der Waals surface area contributed by atoms with Gasteiger partial charge < -0.3 is 14.4 Å². The van der Waals surface area contributed by atoms with E-state index in [1.165, 1.54) is 11.1 Å². The standard InChI is InChI=1S/C30H30N3O2/c1-32(21-23-12-6-4-7-13-23)30-29(25-17-18-26(34-2)27(20-25)35-3)33(19-11-10-16-28(33)31-30)22-24-14-8-5-9-15-24/h4-20H,21-22H2,1-3H3/q+1. The van der Waals surface area contributed by atoms with Crippen LogP contribution in [0, 0.1) is 0 Å². The molecule has 3 aromatic carbocycles. The van der Waals surface area contributed by atoms with Crippen molar-refractivity contribution in [3.63, 3.8) is 0 Å². The molecule has 0 aliphatic carbocycles. The average Bonchev–Trinajstić information content (AvgIpc) is 3.24. The molecule has 3 aromatic rings. The Morgan fingerprint density at radius 1 is 0.800 bits per heavy atom. The van der Waals surface area contributed by atoms with Gasteiger partial charge in [-0.2, -0.15) is 4.99 Å². The molecule has 0 fully saturated rings. The minimum Gasteiger partial charge on any atom is -0.493 e. The van der Waals surface area contributed by atoms with Crippen molar-refractivity contribution >= 4 is 11.5 Å². The summed E-state index contributed by atoms with van der Waals surface area (Å²) in [7, 11) is 5.44. The van der Waals surface area contributed by atoms with E-state index in [-0.39, 0.29) is 0 Å². The second kappa shape index (κ2) is 9.65. The number of ether oxygens (including phenoxy) is 2. The van der Waals surface area contributed by atoms with Crippen LogP contribution < -0.4 is 9.47 Å². The first-order valence-electron chi connectivity index (χ1n) is 11.7. The molecule has 0 saturated heterocycles. The number of amidine groups is 1. The third kappa shape index (κ3) is 4.27. The Balaban J connectivity index is 1.68. The quantitative estimate of drug-likeness (QED) is 0.385. The molecule has 2 aliphatic heterocycles. The second-order valence-electron chi connectivity index (χ2n) is 8.77. The van der Waals surface area contributed by atoms with Crippen LogP contribution in [0.15, 0.2) is 114 Å². The van der Waals surface area contributed by atoms with Gasteiger partial charge in [0, 0.05) is 30.8 Å². The lowest BCUT2D eigenvalue weighted by atomic mass is 10.0. The van der Waals surface area contributed by atoms with Gasteiger partial charge in [0.25, 0.3) is 0 Å². The lowest BCUT2D eigenvalue weighted by Crippen LogP contribution is -2.44. The molecule has 1 atom stereocenters. The number of hydrogen-bond acceptors (Lipinski definition) is 4. The highest BCUT2D eigenvalue weighted by atomic mass is 16.5. The highest BCUT2D eigenvalue weighted by Gasteiger charge is 2.46. The number of rotatable bonds is 8. The van der Waals surface area contributed by atoms with Crippen LogP contribution in [0.5, 0.6) is 11.5 Å². The van der Waals surface area contributed by atoms with Crippen molar-refractivity contribution in [3.05, 3.63) is 126 Å². The molecule has 0 amide bonds. The summed E-state index contributed by atoms with van der Waals surface area (Å²) in [5.74, 6) is 3.35. The van der Waals surface area contributed by atoms with Gasteiger partial charge in [-0.1, -0.05) is 60.7 Å². The van der Waals surface area contributed by atoms with Crippen molar-refractivity contribution in [1.29, 1.82) is 0 Å². The van der Waals surface area contributed by atoms with E-state index in [9.17, 15) is 0 Å². The molecule has 35 heavy (non-hydrogen) atoms. The van der Waals surface area contributed by atoms with E-state index < -0.39 is 0 Å². The fourth-order valence-electron chi connectivity index (χ4n) is 4.83. The van der Waals surface area contributed by atoms with Crippen LogP contribution in [0.2, 0.25) is 0 Å². The van der Waals surface area contributed by atoms with Gasteiger partial charge in [0.2, 0.25) is 5.84 Å². The van der Waals surface area contributed by atoms with Crippen molar-refractivity contribution < 1.29 is 14.0 Å². The van der Waals surface area contributed by atoms with Crippen LogP contribution in [-0.2, 0) is 13.1 Å². The zero-order valence-electron chi connectivity index (χ0n) is 20.4. The van der Waals surface area contributed by atoms with E-state index in [0.717, 1.165) is 36.0 Å². The van der Waals surface area contributed by atoms with Gasteiger partial charge in [0.05, 0.1) is 14.2 Å². The molecule has 5 nitrogen and oxygen atoms in total. The molecule has 0 N–H and O–H groups in total. The number of allylic oxidation sites excluding steroid dienone is 2. The molecule has 5 heteroatoms. The van der Waals surface area contributed by atoms with E-state index in [1.807, 2.05) is 12.1 Å². The van der Waals surface area contributed by atoms with E-state index in [4.69, 9.17) is 14.5 Å². The topological polar surface area (TPSA) is 34.1 Å². The van der Waals surface area contributed by atoms with Crippen molar-refractivity contribution in [2.24, 2.45) is 4.99 Å². The first-order valence-corrected chi connectivity index (χ1v) is 11.7. The summed E-state index contributed by atoms with van der Waals surface area (Å²) in [4.78, 5) is 7.45. The summed E-state index contributed by atoms with van der Waals surface area (Å²) >= 11 is 0. The predicted molar refractivity (Wildman–Crippen MR) is 140 cm³/mol. The summed E-state index contributed by atoms with van der Waals surface area (Å²) in [5, 5.41) is 0. The summed E-state index contributed by atoms with van der Waals surface area (Å²) in [5.41, 5.74) is 4.64. The maximum absolute atomic E-state index is 5.68. The fraction of sp³-hybridized carbons (Fsp3) is 0.167. The summed E-state index contributed by atoms with van der Waals surface area (Å²) in [6.45, 7) is 1.51. The Hall–Kier alpha value is -4.09. The Morgan fingerprint density at radius 3 is 2.17 bits per heavy atom. The smallest absolute Gasteiger partial charge is 0.239 e. The maximum Gasteiger partial charge on any atom is 0.239 e. The summed E-state index contributed by atoms with van der Waals surface area (Å²) < 4.78 is 11.7. The normalized spacial score (nSPS) is 18.3. The van der Waals surface area contributed by atoms with E-state index in [2.05, 4.69) is 103 Å². The van der Waals surface area contributed by atoms with Crippen molar-refractivity contribution in [2.75, 3.05) is 21.3 Å². The third-order valence-electron chi connectivity index (χ3n) is 6.49. The lowest BCUT2D eigenvalue weighted by Gasteiger charge is -2.34. The Morgan fingerprint density at radius 2 is 1.49 bits per heavy atom. The van der Waals surface area contributed by atoms with Gasteiger partial charge in [-0.05, 0) is 35.9 Å². The van der Waals surface area contributed by atoms with Gasteiger partial charge >= 0.3 is 0 Å². The first kappa shape index (κ1) is 22.7. The molecule has 1 unspecified atom stereocenters. The van der Waals surface area contributed by atoms with Gasteiger partial charge in [-0.15, -0.1) is 0 Å². The van der Waals surface area contributed by atoms with E-state index in [1.54, 1.807) is 14.2 Å². The number of quaternary nitrogens is 1. The zero-order valence-corrected chi connectivity index (χ0v) is 20.4. The van der Waals surface area contributed by atoms with Gasteiger partial charge in [-0.3, -0.25) is 0 Å². The summed E-state index contributed by atoms with van der Waals surface area (Å²) in [6, 6.07) is 27.2. The minimum absolute atomic E-state index is 0.504. The van der Waals surface area contributed by atoms with Crippen LogP contribution in [0.1, 0.15) is 16.7 Å². The van der Waals surface area contributed by atoms with Crippen molar-refractivity contribution in [3.8, 4) is 11.5 Å². The Labute approximate surface area is 207 Å². The number of nitrogens with zero attached hydrogens (tertiary/aromatic N) is 3. The Kier molecular flexibility index (Phi) is 6.25. The molecule has 2 aliphatic rings. The van der Waals surface area contributed by atoms with Crippen LogP contribution in [0.3, 0.4) is 0 Å². The number of hydrogen-bond donors (Lipinski definition) is 0. The molecule has 176 valence electrons. The Bertz CT molecular complexity index is 1330. The molecule has 0 spiro atoms. The summed E-state index contributed by atoms with van der Waals surface area (Å²) in [6.07, 6.45) is 8.53. The van der Waals surface area contributed by atoms with Crippen LogP contribution in [-0.4, -0.2) is 36.5 Å². The minimum atomic E-state index is 0.504. The van der Waals surface area contributed by atoms with Gasteiger partial charge in [0.15, 0.2) is 23.0 Å². The molecule has 0 radical (unpaired) electrons. The van der Waals surface area contributed by atoms with E-state index >= 15 is 0 Å². The van der Waals surface area contributed by atoms with Crippen molar-refractivity contribution in [1.82, 2.24) is 4.90 Å². The lowest BCUT2D eigenvalue weighted by molar-refractivity contribution is -0.722. The highest BCUT2D eigenvalue weighted by Crippen LogP contribution is 2.44. The predicted octanol–water partition coefficient (Wildman–Crippen LogP) is 5.97. The molecule has 0 saturated carbocycles. The molecule has 2 heterocycles. The number of aliphatic imine (C=N–C) groups is 1. The fourth-order valence-corrected chi connectivity index (χ4v) is 4.83. The number of fused-ring (bicyclic) bond motifs is 1. The van der Waals surface area contributed by atoms with Crippen molar-refractivity contribution in [2.45, 2.75) is 13.1 Å². The molecule has 0 aromatic heterocycles. The maximum atomic E-state index is 5.68. The second-order valence-corrected chi connectivity index (χ2v) is 8.77.